The molecule has 0 saturated carbocycles. The summed E-state index contributed by atoms with van der Waals surface area (Å²) in [4.78, 5) is 36.4. The fourth-order valence-electron chi connectivity index (χ4n) is 3.16. The molecular formula is C23H19ClF3N9O2. The number of Topliss-reactive ketones (excluding diaryl/α,β-unsaturated/α-hetero) is 1. The van der Waals surface area contributed by atoms with E-state index < -0.39 is 22.8 Å². The van der Waals surface area contributed by atoms with Crippen molar-refractivity contribution in [2.45, 2.75) is 20.0 Å². The fourth-order valence-corrected chi connectivity index (χ4v) is 3.38. The van der Waals surface area contributed by atoms with E-state index in [-0.39, 0.29) is 23.2 Å². The van der Waals surface area contributed by atoms with Crippen LogP contribution in [0.4, 0.5) is 52.7 Å². The third-order valence-corrected chi connectivity index (χ3v) is 5.19. The van der Waals surface area contributed by atoms with Crippen molar-refractivity contribution in [3.05, 3.63) is 70.6 Å². The summed E-state index contributed by atoms with van der Waals surface area (Å²) in [5.41, 5.74) is 0.340. The lowest BCUT2D eigenvalue weighted by atomic mass is 10.2. The lowest BCUT2D eigenvalue weighted by molar-refractivity contribution is -0.137. The van der Waals surface area contributed by atoms with Gasteiger partial charge in [0.15, 0.2) is 11.6 Å². The van der Waals surface area contributed by atoms with Crippen LogP contribution in [0.1, 0.15) is 28.7 Å². The Bertz CT molecular complexity index is 1490. The number of urea groups is 1. The van der Waals surface area contributed by atoms with Gasteiger partial charge in [-0.1, -0.05) is 11.6 Å². The van der Waals surface area contributed by atoms with Crippen LogP contribution in [0.2, 0.25) is 5.02 Å². The molecule has 0 aliphatic rings. The summed E-state index contributed by atoms with van der Waals surface area (Å²) in [5, 5.41) is 16.9. The van der Waals surface area contributed by atoms with E-state index in [9.17, 15) is 22.8 Å². The number of alkyl halides is 3. The fraction of sp³-hybridized carbons (Fsp3) is 0.130. The molecule has 2 amide bonds. The maximum atomic E-state index is 13.0. The Morgan fingerprint density at radius 1 is 0.921 bits per heavy atom. The molecular weight excluding hydrogens is 527 g/mol. The second-order valence-electron chi connectivity index (χ2n) is 7.89. The van der Waals surface area contributed by atoms with Crippen LogP contribution >= 0.6 is 11.6 Å². The van der Waals surface area contributed by atoms with Gasteiger partial charge in [-0.2, -0.15) is 23.3 Å². The molecule has 0 fully saturated rings. The molecule has 0 unspecified atom stereocenters. The Balaban J connectivity index is 1.38. The summed E-state index contributed by atoms with van der Waals surface area (Å²) < 4.78 is 39.1. The van der Waals surface area contributed by atoms with Gasteiger partial charge in [-0.3, -0.25) is 15.2 Å². The number of halogens is 4. The summed E-state index contributed by atoms with van der Waals surface area (Å²) >= 11 is 5.59. The highest BCUT2D eigenvalue weighted by atomic mass is 35.5. The van der Waals surface area contributed by atoms with Gasteiger partial charge in [-0.15, -0.1) is 0 Å². The average molecular weight is 546 g/mol. The minimum Gasteiger partial charge on any atom is -0.323 e. The number of amides is 2. The van der Waals surface area contributed by atoms with E-state index in [1.165, 1.54) is 25.3 Å². The largest absolute Gasteiger partial charge is 0.417 e. The Morgan fingerprint density at radius 2 is 1.68 bits per heavy atom. The smallest absolute Gasteiger partial charge is 0.323 e. The predicted molar refractivity (Wildman–Crippen MR) is 135 cm³/mol. The number of benzene rings is 1. The van der Waals surface area contributed by atoms with Crippen molar-refractivity contribution < 1.29 is 22.8 Å². The highest BCUT2D eigenvalue weighted by Crippen LogP contribution is 2.36. The zero-order chi connectivity index (χ0) is 27.4. The number of rotatable bonds is 7. The topological polar surface area (TPSA) is 150 Å². The van der Waals surface area contributed by atoms with Gasteiger partial charge in [0.05, 0.1) is 22.5 Å². The number of pyridine rings is 1. The van der Waals surface area contributed by atoms with Crippen LogP contribution in [0.5, 0.6) is 0 Å². The molecule has 1 aromatic carbocycles. The number of carbonyl (C=O) groups excluding carboxylic acids is 2. The van der Waals surface area contributed by atoms with Crippen LogP contribution in [-0.4, -0.2) is 37.0 Å². The second kappa shape index (κ2) is 10.7. The molecule has 0 atom stereocenters. The molecule has 4 aromatic rings. The van der Waals surface area contributed by atoms with Crippen LogP contribution in [-0.2, 0) is 6.18 Å². The Morgan fingerprint density at radius 3 is 2.34 bits per heavy atom. The SMILES string of the molecule is CC(=O)c1cc(Nc2cc(C)nc(Nc3ccc(NC(=O)Nc4ccc(Cl)c(C(F)(F)F)c4)nc3)n2)n[nH]1. The summed E-state index contributed by atoms with van der Waals surface area (Å²) in [6.45, 7) is 3.19. The lowest BCUT2D eigenvalue weighted by Crippen LogP contribution is -2.20. The molecule has 15 heteroatoms. The Labute approximate surface area is 218 Å². The van der Waals surface area contributed by atoms with Gasteiger partial charge in [-0.05, 0) is 37.3 Å². The predicted octanol–water partition coefficient (Wildman–Crippen LogP) is 5.91. The zero-order valence-electron chi connectivity index (χ0n) is 19.7. The van der Waals surface area contributed by atoms with Crippen molar-refractivity contribution in [1.29, 1.82) is 0 Å². The van der Waals surface area contributed by atoms with Crippen LogP contribution in [0.3, 0.4) is 0 Å². The Kier molecular flexibility index (Phi) is 7.43. The number of carbonyl (C=O) groups is 2. The molecule has 3 heterocycles. The van der Waals surface area contributed by atoms with Crippen molar-refractivity contribution in [1.82, 2.24) is 25.1 Å². The van der Waals surface area contributed by atoms with E-state index in [4.69, 9.17) is 11.6 Å². The summed E-state index contributed by atoms with van der Waals surface area (Å²) in [7, 11) is 0. The lowest BCUT2D eigenvalue weighted by Gasteiger charge is -2.12. The van der Waals surface area contributed by atoms with Crippen LogP contribution in [0, 0.1) is 6.92 Å². The Hall–Kier alpha value is -4.72. The molecule has 38 heavy (non-hydrogen) atoms. The van der Waals surface area contributed by atoms with Crippen LogP contribution in [0.15, 0.2) is 48.7 Å². The normalized spacial score (nSPS) is 11.1. The zero-order valence-corrected chi connectivity index (χ0v) is 20.5. The van der Waals surface area contributed by atoms with Gasteiger partial charge in [-0.25, -0.2) is 14.8 Å². The molecule has 0 saturated heterocycles. The number of aryl methyl sites for hydroxylation is 1. The van der Waals surface area contributed by atoms with E-state index in [0.717, 1.165) is 12.1 Å². The van der Waals surface area contributed by atoms with E-state index in [2.05, 4.69) is 46.4 Å². The summed E-state index contributed by atoms with van der Waals surface area (Å²) in [5.74, 6) is 1.07. The van der Waals surface area contributed by atoms with Crippen molar-refractivity contribution in [2.24, 2.45) is 0 Å². The molecule has 3 aromatic heterocycles. The van der Waals surface area contributed by atoms with Gasteiger partial charge < -0.3 is 16.0 Å². The second-order valence-corrected chi connectivity index (χ2v) is 8.30. The molecule has 5 N–H and O–H groups in total. The van der Waals surface area contributed by atoms with Crippen molar-refractivity contribution in [3.8, 4) is 0 Å². The summed E-state index contributed by atoms with van der Waals surface area (Å²) in [6, 6.07) is 8.56. The number of hydrogen-bond donors (Lipinski definition) is 5. The van der Waals surface area contributed by atoms with E-state index >= 15 is 0 Å². The molecule has 0 radical (unpaired) electrons. The average Bonchev–Trinajstić information content (AvgIpc) is 3.29. The highest BCUT2D eigenvalue weighted by molar-refractivity contribution is 6.31. The third-order valence-electron chi connectivity index (χ3n) is 4.86. The number of nitrogens with zero attached hydrogens (tertiary/aromatic N) is 4. The minimum absolute atomic E-state index is 0.0918. The molecule has 196 valence electrons. The number of aromatic nitrogens is 5. The van der Waals surface area contributed by atoms with Crippen LogP contribution in [0.25, 0.3) is 0 Å². The van der Waals surface area contributed by atoms with Gasteiger partial charge in [0.2, 0.25) is 5.95 Å². The first-order chi connectivity index (χ1) is 18.0. The molecule has 11 nitrogen and oxygen atoms in total. The van der Waals surface area contributed by atoms with Gasteiger partial charge in [0, 0.05) is 30.4 Å². The van der Waals surface area contributed by atoms with E-state index in [1.54, 1.807) is 25.1 Å². The minimum atomic E-state index is -4.66. The quantitative estimate of drug-likeness (QED) is 0.180. The number of hydrogen-bond acceptors (Lipinski definition) is 8. The van der Waals surface area contributed by atoms with Crippen molar-refractivity contribution in [2.75, 3.05) is 21.3 Å². The molecule has 4 rings (SSSR count). The number of ketones is 1. The maximum Gasteiger partial charge on any atom is 0.417 e. The highest BCUT2D eigenvalue weighted by Gasteiger charge is 2.33. The van der Waals surface area contributed by atoms with E-state index in [0.29, 0.717) is 28.7 Å². The maximum absolute atomic E-state index is 13.0. The summed E-state index contributed by atoms with van der Waals surface area (Å²) in [6.07, 6.45) is -3.25. The first kappa shape index (κ1) is 26.3. The third kappa shape index (κ3) is 6.73. The van der Waals surface area contributed by atoms with Crippen molar-refractivity contribution in [3.63, 3.8) is 0 Å². The molecule has 0 aliphatic carbocycles. The molecule has 0 spiro atoms. The number of H-pyrrole nitrogens is 1. The molecule has 0 aliphatic heterocycles. The first-order valence-corrected chi connectivity index (χ1v) is 11.2. The van der Waals surface area contributed by atoms with E-state index in [1.807, 2.05) is 0 Å². The standard InChI is InChI=1S/C23H19ClF3N9O2/c1-11-7-19(32-20-9-17(12(2)37)35-36-20)33-21(29-11)30-14-4-6-18(28-10-14)34-22(38)31-13-3-5-16(24)15(8-13)23(25,26)27/h3-10H,1-2H3,(H2,28,31,34,38)(H3,29,30,32,33,35,36). The first-order valence-electron chi connectivity index (χ1n) is 10.8. The number of anilines is 6. The van der Waals surface area contributed by atoms with Crippen LogP contribution < -0.4 is 21.3 Å². The van der Waals surface area contributed by atoms with Gasteiger partial charge in [0.25, 0.3) is 0 Å². The van der Waals surface area contributed by atoms with Gasteiger partial charge in [0.1, 0.15) is 17.3 Å². The van der Waals surface area contributed by atoms with Gasteiger partial charge >= 0.3 is 12.2 Å². The number of aromatic amines is 1. The molecule has 0 bridgehead atoms. The number of nitrogens with one attached hydrogen (secondary N) is 5. The van der Waals surface area contributed by atoms with Crippen molar-refractivity contribution >= 4 is 58.2 Å². The monoisotopic (exact) mass is 545 g/mol.